The number of imidazole rings is 1. The summed E-state index contributed by atoms with van der Waals surface area (Å²) in [7, 11) is 0. The molecule has 6 nitrogen and oxygen atoms in total. The van der Waals surface area contributed by atoms with Crippen LogP contribution in [0.3, 0.4) is 0 Å². The van der Waals surface area contributed by atoms with Crippen LogP contribution in [-0.4, -0.2) is 52.2 Å². The Morgan fingerprint density at radius 1 is 0.857 bits per heavy atom. The summed E-state index contributed by atoms with van der Waals surface area (Å²) in [5.41, 5.74) is 2.89. The Morgan fingerprint density at radius 3 is 2.26 bits per heavy atom. The lowest BCUT2D eigenvalue weighted by atomic mass is 10.1. The Kier molecular flexibility index (Phi) is 9.66. The number of anilines is 3. The number of likely N-dealkylation sites (tertiary alicyclic amines) is 1. The number of fused-ring (bicyclic) bond motifs is 1. The van der Waals surface area contributed by atoms with Gasteiger partial charge in [0.2, 0.25) is 5.95 Å². The van der Waals surface area contributed by atoms with Crippen LogP contribution in [0.25, 0.3) is 11.2 Å². The van der Waals surface area contributed by atoms with Crippen LogP contribution in [-0.2, 0) is 6.54 Å². The monoisotopic (exact) mass is 496 g/mol. The molecule has 4 rings (SSSR count). The fourth-order valence-electron chi connectivity index (χ4n) is 4.81. The first-order valence-corrected chi connectivity index (χ1v) is 13.9. The van der Waals surface area contributed by atoms with E-state index >= 15 is 0 Å². The van der Waals surface area contributed by atoms with Crippen molar-refractivity contribution < 1.29 is 0 Å². The van der Waals surface area contributed by atoms with Gasteiger partial charge in [-0.15, -0.1) is 0 Å². The van der Waals surface area contributed by atoms with Crippen LogP contribution in [0.2, 0.25) is 5.02 Å². The Labute approximate surface area is 215 Å². The van der Waals surface area contributed by atoms with Gasteiger partial charge in [0, 0.05) is 30.3 Å². The first-order valence-electron chi connectivity index (χ1n) is 13.5. The number of nitrogens with zero attached hydrogens (tertiary/aromatic N) is 5. The minimum Gasteiger partial charge on any atom is -0.357 e. The molecule has 3 heterocycles. The van der Waals surface area contributed by atoms with E-state index < -0.39 is 0 Å². The molecular weight excluding hydrogens is 456 g/mol. The second-order valence-corrected chi connectivity index (χ2v) is 10.1. The van der Waals surface area contributed by atoms with Gasteiger partial charge in [-0.05, 0) is 88.1 Å². The second-order valence-electron chi connectivity index (χ2n) is 9.68. The van der Waals surface area contributed by atoms with Crippen molar-refractivity contribution in [3.05, 3.63) is 41.4 Å². The van der Waals surface area contributed by atoms with Crippen molar-refractivity contribution in [3.8, 4) is 0 Å². The molecule has 0 radical (unpaired) electrons. The standard InChI is InChI=1S/C28H41ClN6/c1-3-5-20-34(21-6-4-2)26-16-15-25-27(32-26)35(22-10-19-33-17-8-7-9-18-33)28(31-25)30-24-13-11-23(29)12-14-24/h11-16H,3-10,17-22H2,1-2H3,(H,30,31). The van der Waals surface area contributed by atoms with Crippen LogP contribution >= 0.6 is 11.6 Å². The SMILES string of the molecule is CCCCN(CCCC)c1ccc2nc(Nc3ccc(Cl)cc3)n(CCCN3CCCCC3)c2n1. The summed E-state index contributed by atoms with van der Waals surface area (Å²) in [5, 5.41) is 4.25. The molecule has 1 N–H and O–H groups in total. The predicted molar refractivity (Wildman–Crippen MR) is 149 cm³/mol. The number of aryl methyl sites for hydroxylation is 1. The number of rotatable bonds is 13. The van der Waals surface area contributed by atoms with Crippen LogP contribution in [0.15, 0.2) is 36.4 Å². The molecule has 0 saturated carbocycles. The summed E-state index contributed by atoms with van der Waals surface area (Å²) >= 11 is 6.10. The molecule has 190 valence electrons. The fraction of sp³-hybridized carbons (Fsp3) is 0.571. The van der Waals surface area contributed by atoms with E-state index in [1.165, 1.54) is 58.0 Å². The number of pyridine rings is 1. The molecular formula is C28H41ClN6. The van der Waals surface area contributed by atoms with Gasteiger partial charge in [0.15, 0.2) is 5.65 Å². The molecule has 0 atom stereocenters. The van der Waals surface area contributed by atoms with Crippen LogP contribution < -0.4 is 10.2 Å². The Hall–Kier alpha value is -2.31. The maximum atomic E-state index is 6.10. The average Bonchev–Trinajstić information content (AvgIpc) is 3.22. The maximum Gasteiger partial charge on any atom is 0.209 e. The predicted octanol–water partition coefficient (Wildman–Crippen LogP) is 7.11. The summed E-state index contributed by atoms with van der Waals surface area (Å²) in [6, 6.07) is 12.1. The number of hydrogen-bond acceptors (Lipinski definition) is 5. The van der Waals surface area contributed by atoms with E-state index in [4.69, 9.17) is 21.6 Å². The Morgan fingerprint density at radius 2 is 1.57 bits per heavy atom. The van der Waals surface area contributed by atoms with E-state index in [1.807, 2.05) is 24.3 Å². The lowest BCUT2D eigenvalue weighted by molar-refractivity contribution is 0.223. The maximum absolute atomic E-state index is 6.10. The highest BCUT2D eigenvalue weighted by molar-refractivity contribution is 6.30. The molecule has 0 bridgehead atoms. The molecule has 0 aliphatic carbocycles. The summed E-state index contributed by atoms with van der Waals surface area (Å²) in [5.74, 6) is 1.91. The molecule has 1 aromatic carbocycles. The Bertz CT molecular complexity index is 1030. The lowest BCUT2D eigenvalue weighted by Gasteiger charge is -2.26. The lowest BCUT2D eigenvalue weighted by Crippen LogP contribution is -2.31. The van der Waals surface area contributed by atoms with Crippen molar-refractivity contribution >= 4 is 40.2 Å². The highest BCUT2D eigenvalue weighted by Crippen LogP contribution is 2.26. The number of halogens is 1. The minimum absolute atomic E-state index is 0.733. The molecule has 7 heteroatoms. The largest absolute Gasteiger partial charge is 0.357 e. The van der Waals surface area contributed by atoms with Crippen LogP contribution in [0, 0.1) is 0 Å². The normalized spacial score (nSPS) is 14.5. The highest BCUT2D eigenvalue weighted by atomic mass is 35.5. The van der Waals surface area contributed by atoms with Gasteiger partial charge in [0.25, 0.3) is 0 Å². The first kappa shape index (κ1) is 25.8. The topological polar surface area (TPSA) is 49.2 Å². The van der Waals surface area contributed by atoms with Gasteiger partial charge in [-0.3, -0.25) is 4.57 Å². The van der Waals surface area contributed by atoms with E-state index in [0.29, 0.717) is 0 Å². The number of benzene rings is 1. The molecule has 3 aromatic rings. The minimum atomic E-state index is 0.733. The number of hydrogen-bond donors (Lipinski definition) is 1. The van der Waals surface area contributed by atoms with Crippen molar-refractivity contribution in [2.24, 2.45) is 0 Å². The summed E-state index contributed by atoms with van der Waals surface area (Å²) in [6.07, 6.45) is 9.85. The molecule has 1 aliphatic rings. The second kappa shape index (κ2) is 13.1. The molecule has 2 aromatic heterocycles. The van der Waals surface area contributed by atoms with Gasteiger partial charge in [0.1, 0.15) is 11.3 Å². The van der Waals surface area contributed by atoms with Gasteiger partial charge in [-0.1, -0.05) is 44.7 Å². The molecule has 1 saturated heterocycles. The van der Waals surface area contributed by atoms with Gasteiger partial charge in [-0.25, -0.2) is 9.97 Å². The van der Waals surface area contributed by atoms with E-state index in [-0.39, 0.29) is 0 Å². The van der Waals surface area contributed by atoms with E-state index in [1.54, 1.807) is 0 Å². The Balaban J connectivity index is 1.61. The van der Waals surface area contributed by atoms with Crippen LogP contribution in [0.4, 0.5) is 17.5 Å². The van der Waals surface area contributed by atoms with Crippen molar-refractivity contribution in [2.75, 3.05) is 42.9 Å². The number of nitrogens with one attached hydrogen (secondary N) is 1. The van der Waals surface area contributed by atoms with Crippen LogP contribution in [0.5, 0.6) is 0 Å². The van der Waals surface area contributed by atoms with Crippen LogP contribution in [0.1, 0.15) is 65.2 Å². The number of piperidine rings is 1. The zero-order valence-electron chi connectivity index (χ0n) is 21.5. The third-order valence-electron chi connectivity index (χ3n) is 6.87. The molecule has 0 spiro atoms. The summed E-state index contributed by atoms with van der Waals surface area (Å²) in [6.45, 7) is 11.1. The van der Waals surface area contributed by atoms with Gasteiger partial charge >= 0.3 is 0 Å². The average molecular weight is 497 g/mol. The molecule has 0 unspecified atom stereocenters. The zero-order chi connectivity index (χ0) is 24.5. The van der Waals surface area contributed by atoms with E-state index in [0.717, 1.165) is 66.2 Å². The number of aromatic nitrogens is 3. The third kappa shape index (κ3) is 7.11. The van der Waals surface area contributed by atoms with Crippen molar-refractivity contribution in [1.82, 2.24) is 19.4 Å². The molecule has 1 fully saturated rings. The van der Waals surface area contributed by atoms with Gasteiger partial charge in [0.05, 0.1) is 0 Å². The molecule has 0 amide bonds. The summed E-state index contributed by atoms with van der Waals surface area (Å²) in [4.78, 5) is 15.2. The van der Waals surface area contributed by atoms with Gasteiger partial charge < -0.3 is 15.1 Å². The smallest absolute Gasteiger partial charge is 0.209 e. The number of unbranched alkanes of at least 4 members (excludes halogenated alkanes) is 2. The molecule has 35 heavy (non-hydrogen) atoms. The third-order valence-corrected chi connectivity index (χ3v) is 7.12. The summed E-state index contributed by atoms with van der Waals surface area (Å²) < 4.78 is 2.27. The van der Waals surface area contributed by atoms with E-state index in [2.05, 4.69) is 45.7 Å². The van der Waals surface area contributed by atoms with Crippen molar-refractivity contribution in [2.45, 2.75) is 71.8 Å². The zero-order valence-corrected chi connectivity index (χ0v) is 22.2. The van der Waals surface area contributed by atoms with Gasteiger partial charge in [-0.2, -0.15) is 0 Å². The fourth-order valence-corrected chi connectivity index (χ4v) is 4.94. The van der Waals surface area contributed by atoms with E-state index in [9.17, 15) is 0 Å². The van der Waals surface area contributed by atoms with Crippen molar-refractivity contribution in [1.29, 1.82) is 0 Å². The quantitative estimate of drug-likeness (QED) is 0.273. The van der Waals surface area contributed by atoms with Crippen molar-refractivity contribution in [3.63, 3.8) is 0 Å². The first-order chi connectivity index (χ1) is 17.2. The molecule has 1 aliphatic heterocycles. The highest BCUT2D eigenvalue weighted by Gasteiger charge is 2.17.